The number of carbonyl (C=O) groups is 2. The number of nitrogens with one attached hydrogen (secondary N) is 3. The van der Waals surface area contributed by atoms with Crippen LogP contribution in [0.5, 0.6) is 0 Å². The minimum atomic E-state index is -0.735. The van der Waals surface area contributed by atoms with E-state index in [1.54, 1.807) is 6.20 Å². The minimum Gasteiger partial charge on any atom is -0.355 e. The fourth-order valence-electron chi connectivity index (χ4n) is 2.88. The third-order valence-corrected chi connectivity index (χ3v) is 4.55. The van der Waals surface area contributed by atoms with E-state index in [1.165, 1.54) is 37.9 Å². The average molecular weight is 407 g/mol. The minimum absolute atomic E-state index is 0.00289. The molecule has 0 radical (unpaired) electrons. The number of aromatic nitrogens is 4. The number of nitrogens with zero attached hydrogens (tertiary/aromatic N) is 4. The molecule has 2 heterocycles. The second-order valence-electron chi connectivity index (χ2n) is 6.71. The molecule has 0 unspecified atom stereocenters. The van der Waals surface area contributed by atoms with Crippen LogP contribution in [0.25, 0.3) is 0 Å². The lowest BCUT2D eigenvalue weighted by Crippen LogP contribution is -2.23. The van der Waals surface area contributed by atoms with Gasteiger partial charge in [-0.05, 0) is 25.0 Å². The molecule has 10 heteroatoms. The molecule has 2 amide bonds. The molecular weight excluding hydrogens is 389 g/mol. The highest BCUT2D eigenvalue weighted by Crippen LogP contribution is 2.39. The molecule has 0 saturated heterocycles. The Kier molecular flexibility index (Phi) is 5.29. The van der Waals surface area contributed by atoms with Gasteiger partial charge in [-0.2, -0.15) is 0 Å². The van der Waals surface area contributed by atoms with Crippen molar-refractivity contribution in [2.45, 2.75) is 18.8 Å². The Bertz CT molecular complexity index is 1100. The van der Waals surface area contributed by atoms with Crippen LogP contribution in [0.1, 0.15) is 45.3 Å². The Morgan fingerprint density at radius 2 is 1.87 bits per heavy atom. The maximum absolute atomic E-state index is 14.4. The van der Waals surface area contributed by atoms with Crippen molar-refractivity contribution in [2.24, 2.45) is 0 Å². The Morgan fingerprint density at radius 3 is 2.57 bits per heavy atom. The quantitative estimate of drug-likeness (QED) is 0.574. The largest absolute Gasteiger partial charge is 0.355 e. The first-order chi connectivity index (χ1) is 14.6. The van der Waals surface area contributed by atoms with Gasteiger partial charge >= 0.3 is 0 Å². The summed E-state index contributed by atoms with van der Waals surface area (Å²) < 4.78 is 14.4. The smallest absolute Gasteiger partial charge is 0.278 e. The summed E-state index contributed by atoms with van der Waals surface area (Å²) in [5.74, 6) is -1.53. The first-order valence-corrected chi connectivity index (χ1v) is 9.27. The van der Waals surface area contributed by atoms with Gasteiger partial charge in [0.25, 0.3) is 11.8 Å². The standard InChI is InChI=1S/C20H18FN7O2/c1-22-19(29)13-3-2-4-14(21)16(13)28-20(30)17-18(26-12-7-23-10-24-8-12)25-9-15(27-17)11-5-6-11/h2-4,7-11H,5-6H2,1H3,(H,22,29)(H,25,26)(H,28,30). The van der Waals surface area contributed by atoms with Gasteiger partial charge in [-0.3, -0.25) is 9.59 Å². The molecule has 2 aromatic heterocycles. The van der Waals surface area contributed by atoms with E-state index in [-0.39, 0.29) is 28.7 Å². The van der Waals surface area contributed by atoms with Crippen LogP contribution >= 0.6 is 0 Å². The van der Waals surface area contributed by atoms with E-state index in [2.05, 4.69) is 35.9 Å². The molecule has 1 saturated carbocycles. The first kappa shape index (κ1) is 19.4. The molecule has 4 rings (SSSR count). The summed E-state index contributed by atoms with van der Waals surface area (Å²) in [4.78, 5) is 41.7. The molecular formula is C20H18FN7O2. The molecule has 0 atom stereocenters. The Labute approximate surface area is 171 Å². The molecule has 1 aliphatic carbocycles. The predicted molar refractivity (Wildman–Crippen MR) is 107 cm³/mol. The van der Waals surface area contributed by atoms with Crippen LogP contribution in [0.4, 0.5) is 21.6 Å². The summed E-state index contributed by atoms with van der Waals surface area (Å²) in [6, 6.07) is 3.98. The molecule has 30 heavy (non-hydrogen) atoms. The summed E-state index contributed by atoms with van der Waals surface area (Å²) in [5.41, 5.74) is 0.957. The molecule has 1 aliphatic rings. The van der Waals surface area contributed by atoms with Crippen molar-refractivity contribution in [3.05, 3.63) is 65.9 Å². The van der Waals surface area contributed by atoms with Crippen LogP contribution in [0.2, 0.25) is 0 Å². The molecule has 1 fully saturated rings. The molecule has 3 N–H and O–H groups in total. The van der Waals surface area contributed by atoms with Gasteiger partial charge in [-0.25, -0.2) is 24.3 Å². The SMILES string of the molecule is CNC(=O)c1cccc(F)c1NC(=O)c1nc(C2CC2)cnc1Nc1cncnc1. The van der Waals surface area contributed by atoms with E-state index in [4.69, 9.17) is 0 Å². The van der Waals surface area contributed by atoms with Crippen molar-refractivity contribution in [3.8, 4) is 0 Å². The van der Waals surface area contributed by atoms with E-state index in [1.807, 2.05) is 0 Å². The molecule has 0 bridgehead atoms. The van der Waals surface area contributed by atoms with E-state index < -0.39 is 17.6 Å². The molecule has 1 aromatic carbocycles. The second-order valence-corrected chi connectivity index (χ2v) is 6.71. The van der Waals surface area contributed by atoms with Crippen molar-refractivity contribution in [1.29, 1.82) is 0 Å². The number of hydrogen-bond donors (Lipinski definition) is 3. The van der Waals surface area contributed by atoms with Crippen LogP contribution in [0, 0.1) is 5.82 Å². The zero-order valence-corrected chi connectivity index (χ0v) is 16.0. The Balaban J connectivity index is 1.70. The van der Waals surface area contributed by atoms with Crippen molar-refractivity contribution in [2.75, 3.05) is 17.7 Å². The Hall–Kier alpha value is -3.95. The molecule has 0 aliphatic heterocycles. The van der Waals surface area contributed by atoms with Gasteiger partial charge in [0.15, 0.2) is 11.5 Å². The predicted octanol–water partition coefficient (Wildman–Crippen LogP) is 2.64. The van der Waals surface area contributed by atoms with Crippen LogP contribution < -0.4 is 16.0 Å². The fraction of sp³-hybridized carbons (Fsp3) is 0.200. The van der Waals surface area contributed by atoms with Gasteiger partial charge in [0, 0.05) is 13.0 Å². The lowest BCUT2D eigenvalue weighted by atomic mass is 10.1. The number of carbonyl (C=O) groups excluding carboxylic acids is 2. The number of rotatable bonds is 6. The summed E-state index contributed by atoms with van der Waals surface area (Å²) in [5, 5.41) is 7.86. The van der Waals surface area contributed by atoms with Crippen LogP contribution in [-0.4, -0.2) is 38.8 Å². The van der Waals surface area contributed by atoms with Crippen LogP contribution in [0.15, 0.2) is 43.1 Å². The molecule has 152 valence electrons. The monoisotopic (exact) mass is 407 g/mol. The highest BCUT2D eigenvalue weighted by atomic mass is 19.1. The van der Waals surface area contributed by atoms with Crippen molar-refractivity contribution in [3.63, 3.8) is 0 Å². The van der Waals surface area contributed by atoms with Crippen molar-refractivity contribution >= 4 is 29.0 Å². The van der Waals surface area contributed by atoms with E-state index in [0.29, 0.717) is 11.4 Å². The van der Waals surface area contributed by atoms with Crippen LogP contribution in [-0.2, 0) is 0 Å². The summed E-state index contributed by atoms with van der Waals surface area (Å²) in [6.45, 7) is 0. The first-order valence-electron chi connectivity index (χ1n) is 9.27. The highest BCUT2D eigenvalue weighted by molar-refractivity contribution is 6.10. The zero-order valence-electron chi connectivity index (χ0n) is 16.0. The van der Waals surface area contributed by atoms with E-state index >= 15 is 0 Å². The van der Waals surface area contributed by atoms with Gasteiger partial charge in [-0.1, -0.05) is 6.07 Å². The van der Waals surface area contributed by atoms with E-state index in [9.17, 15) is 14.0 Å². The number of para-hydroxylation sites is 1. The lowest BCUT2D eigenvalue weighted by Gasteiger charge is -2.14. The number of halogens is 1. The maximum atomic E-state index is 14.4. The third-order valence-electron chi connectivity index (χ3n) is 4.55. The molecule has 9 nitrogen and oxygen atoms in total. The summed E-state index contributed by atoms with van der Waals surface area (Å²) in [7, 11) is 1.42. The zero-order chi connectivity index (χ0) is 21.1. The average Bonchev–Trinajstić information content (AvgIpc) is 3.61. The van der Waals surface area contributed by atoms with Crippen LogP contribution in [0.3, 0.4) is 0 Å². The lowest BCUT2D eigenvalue weighted by molar-refractivity contribution is 0.0963. The number of hydrogen-bond acceptors (Lipinski definition) is 7. The van der Waals surface area contributed by atoms with Crippen molar-refractivity contribution in [1.82, 2.24) is 25.3 Å². The van der Waals surface area contributed by atoms with Gasteiger partial charge in [0.05, 0.1) is 41.2 Å². The normalized spacial score (nSPS) is 12.9. The second kappa shape index (κ2) is 8.19. The summed E-state index contributed by atoms with van der Waals surface area (Å²) in [6.07, 6.45) is 7.97. The third kappa shape index (κ3) is 4.07. The topological polar surface area (TPSA) is 122 Å². The highest BCUT2D eigenvalue weighted by Gasteiger charge is 2.28. The van der Waals surface area contributed by atoms with Gasteiger partial charge < -0.3 is 16.0 Å². The number of benzene rings is 1. The number of anilines is 3. The molecule has 3 aromatic rings. The van der Waals surface area contributed by atoms with Gasteiger partial charge in [0.1, 0.15) is 12.1 Å². The van der Waals surface area contributed by atoms with Gasteiger partial charge in [-0.15, -0.1) is 0 Å². The Morgan fingerprint density at radius 1 is 1.10 bits per heavy atom. The number of amides is 2. The summed E-state index contributed by atoms with van der Waals surface area (Å²) >= 11 is 0. The van der Waals surface area contributed by atoms with Crippen molar-refractivity contribution < 1.29 is 14.0 Å². The maximum Gasteiger partial charge on any atom is 0.278 e. The van der Waals surface area contributed by atoms with E-state index in [0.717, 1.165) is 18.9 Å². The van der Waals surface area contributed by atoms with Gasteiger partial charge in [0.2, 0.25) is 0 Å². The molecule has 0 spiro atoms. The fourth-order valence-corrected chi connectivity index (χ4v) is 2.88.